The molecule has 0 bridgehead atoms. The van der Waals surface area contributed by atoms with E-state index >= 15 is 0 Å². The molecule has 0 saturated heterocycles. The van der Waals surface area contributed by atoms with Crippen LogP contribution in [0.5, 0.6) is 5.75 Å². The van der Waals surface area contributed by atoms with Crippen molar-refractivity contribution >= 4 is 57.5 Å². The summed E-state index contributed by atoms with van der Waals surface area (Å²) in [6.07, 6.45) is 1.71. The first-order valence-corrected chi connectivity index (χ1v) is 10.5. The minimum absolute atomic E-state index is 0.371. The fourth-order valence-corrected chi connectivity index (χ4v) is 4.01. The lowest BCUT2D eigenvalue weighted by Crippen LogP contribution is -1.98. The molecule has 0 aromatic heterocycles. The van der Waals surface area contributed by atoms with Crippen molar-refractivity contribution in [3.8, 4) is 5.75 Å². The van der Waals surface area contributed by atoms with Crippen molar-refractivity contribution < 1.29 is 4.74 Å². The first kappa shape index (κ1) is 20.7. The molecule has 0 unspecified atom stereocenters. The van der Waals surface area contributed by atoms with E-state index in [-0.39, 0.29) is 0 Å². The van der Waals surface area contributed by atoms with Crippen molar-refractivity contribution in [3.05, 3.63) is 105 Å². The average Bonchev–Trinajstić information content (AvgIpc) is 2.74. The molecule has 4 aromatic rings. The number of aryl methyl sites for hydroxylation is 1. The van der Waals surface area contributed by atoms with Crippen LogP contribution < -0.4 is 4.74 Å². The predicted octanol–water partition coefficient (Wildman–Crippen LogP) is 8.44. The van der Waals surface area contributed by atoms with Gasteiger partial charge in [-0.1, -0.05) is 83.3 Å². The number of fused-ring (bicyclic) bond motifs is 1. The molecule has 0 amide bonds. The van der Waals surface area contributed by atoms with Crippen LogP contribution in [0.25, 0.3) is 10.8 Å². The van der Waals surface area contributed by atoms with Crippen LogP contribution in [0.15, 0.2) is 77.8 Å². The Morgan fingerprint density at radius 1 is 0.867 bits per heavy atom. The number of halogens is 3. The lowest BCUT2D eigenvalue weighted by Gasteiger charge is -2.12. The number of ether oxygens (including phenoxy) is 1. The summed E-state index contributed by atoms with van der Waals surface area (Å²) in [5.74, 6) is 0.461. The SMILES string of the molecule is Cc1ccc(Cl)cc1N=Cc1cc(Cl)c(OCc2cccc3ccccc23)c(Cl)c1. The molecule has 2 nitrogen and oxygen atoms in total. The van der Waals surface area contributed by atoms with Crippen LogP contribution in [0.1, 0.15) is 16.7 Å². The lowest BCUT2D eigenvalue weighted by molar-refractivity contribution is 0.308. The van der Waals surface area contributed by atoms with Crippen LogP contribution in [-0.4, -0.2) is 6.21 Å². The highest BCUT2D eigenvalue weighted by atomic mass is 35.5. The van der Waals surface area contributed by atoms with E-state index in [1.807, 2.05) is 49.4 Å². The molecule has 150 valence electrons. The maximum Gasteiger partial charge on any atom is 0.157 e. The molecule has 0 aliphatic rings. The minimum Gasteiger partial charge on any atom is -0.486 e. The van der Waals surface area contributed by atoms with Gasteiger partial charge in [0, 0.05) is 11.2 Å². The Kier molecular flexibility index (Phi) is 6.29. The molecule has 0 aliphatic heterocycles. The molecule has 0 saturated carbocycles. The zero-order chi connectivity index (χ0) is 21.1. The predicted molar refractivity (Wildman–Crippen MR) is 128 cm³/mol. The van der Waals surface area contributed by atoms with E-state index in [4.69, 9.17) is 39.5 Å². The number of hydrogen-bond donors (Lipinski definition) is 0. The fourth-order valence-electron chi connectivity index (χ4n) is 3.23. The second-order valence-corrected chi connectivity index (χ2v) is 8.18. The minimum atomic E-state index is 0.371. The number of hydrogen-bond acceptors (Lipinski definition) is 2. The first-order chi connectivity index (χ1) is 14.5. The van der Waals surface area contributed by atoms with Gasteiger partial charge in [-0.05, 0) is 58.7 Å². The van der Waals surface area contributed by atoms with Crippen LogP contribution in [0.4, 0.5) is 5.69 Å². The van der Waals surface area contributed by atoms with E-state index in [2.05, 4.69) is 23.2 Å². The second-order valence-electron chi connectivity index (χ2n) is 6.93. The zero-order valence-electron chi connectivity index (χ0n) is 16.2. The van der Waals surface area contributed by atoms with Gasteiger partial charge >= 0.3 is 0 Å². The molecule has 0 spiro atoms. The van der Waals surface area contributed by atoms with Gasteiger partial charge in [0.1, 0.15) is 6.61 Å². The molecule has 0 fully saturated rings. The zero-order valence-corrected chi connectivity index (χ0v) is 18.5. The lowest BCUT2D eigenvalue weighted by atomic mass is 10.1. The van der Waals surface area contributed by atoms with Crippen molar-refractivity contribution in [1.82, 2.24) is 0 Å². The van der Waals surface area contributed by atoms with Gasteiger partial charge in [-0.2, -0.15) is 0 Å². The fraction of sp³-hybridized carbons (Fsp3) is 0.0800. The van der Waals surface area contributed by atoms with Crippen LogP contribution in [0.3, 0.4) is 0 Å². The Labute approximate surface area is 190 Å². The topological polar surface area (TPSA) is 21.6 Å². The van der Waals surface area contributed by atoms with Crippen molar-refractivity contribution in [2.45, 2.75) is 13.5 Å². The number of aliphatic imine (C=N–C) groups is 1. The molecule has 0 atom stereocenters. The van der Waals surface area contributed by atoms with E-state index in [0.29, 0.717) is 27.4 Å². The van der Waals surface area contributed by atoms with Gasteiger partial charge in [-0.15, -0.1) is 0 Å². The summed E-state index contributed by atoms with van der Waals surface area (Å²) < 4.78 is 5.99. The van der Waals surface area contributed by atoms with Gasteiger partial charge < -0.3 is 4.74 Å². The normalized spacial score (nSPS) is 11.3. The standard InChI is InChI=1S/C25H18Cl3NO/c1-16-9-10-20(26)13-24(16)29-14-17-11-22(27)25(23(28)12-17)30-15-19-7-4-6-18-5-2-3-8-21(18)19/h2-14H,15H2,1H3. The molecular weight excluding hydrogens is 437 g/mol. The molecule has 4 rings (SSSR count). The highest BCUT2D eigenvalue weighted by molar-refractivity contribution is 6.37. The third-order valence-electron chi connectivity index (χ3n) is 4.80. The van der Waals surface area contributed by atoms with Crippen molar-refractivity contribution in [2.75, 3.05) is 0 Å². The summed E-state index contributed by atoms with van der Waals surface area (Å²) in [6, 6.07) is 23.5. The van der Waals surface area contributed by atoms with Crippen LogP contribution in [0, 0.1) is 6.92 Å². The molecule has 0 radical (unpaired) electrons. The smallest absolute Gasteiger partial charge is 0.157 e. The van der Waals surface area contributed by atoms with Crippen molar-refractivity contribution in [1.29, 1.82) is 0 Å². The Balaban J connectivity index is 1.55. The molecule has 0 heterocycles. The Morgan fingerprint density at radius 2 is 1.60 bits per heavy atom. The number of nitrogens with zero attached hydrogens (tertiary/aromatic N) is 1. The van der Waals surface area contributed by atoms with E-state index in [1.54, 1.807) is 18.3 Å². The molecule has 0 N–H and O–H groups in total. The van der Waals surface area contributed by atoms with Crippen LogP contribution >= 0.6 is 34.8 Å². The van der Waals surface area contributed by atoms with Crippen LogP contribution in [-0.2, 0) is 6.61 Å². The third kappa shape index (κ3) is 4.62. The monoisotopic (exact) mass is 453 g/mol. The summed E-state index contributed by atoms with van der Waals surface area (Å²) in [4.78, 5) is 4.51. The molecular formula is C25H18Cl3NO. The van der Waals surface area contributed by atoms with E-state index in [0.717, 1.165) is 27.8 Å². The van der Waals surface area contributed by atoms with E-state index in [9.17, 15) is 0 Å². The average molecular weight is 455 g/mol. The Morgan fingerprint density at radius 3 is 2.40 bits per heavy atom. The van der Waals surface area contributed by atoms with Gasteiger partial charge in [0.25, 0.3) is 0 Å². The molecule has 5 heteroatoms. The Bertz CT molecular complexity index is 1220. The van der Waals surface area contributed by atoms with Gasteiger partial charge in [-0.25, -0.2) is 0 Å². The second kappa shape index (κ2) is 9.09. The molecule has 4 aromatic carbocycles. The maximum atomic E-state index is 6.47. The highest BCUT2D eigenvalue weighted by Crippen LogP contribution is 2.35. The van der Waals surface area contributed by atoms with Gasteiger partial charge in [0.2, 0.25) is 0 Å². The summed E-state index contributed by atoms with van der Waals surface area (Å²) in [6.45, 7) is 2.35. The third-order valence-corrected chi connectivity index (χ3v) is 5.59. The summed E-state index contributed by atoms with van der Waals surface area (Å²) in [5, 5.41) is 3.83. The number of benzene rings is 4. The summed E-state index contributed by atoms with van der Waals surface area (Å²) in [5.41, 5.74) is 3.68. The molecule has 30 heavy (non-hydrogen) atoms. The van der Waals surface area contributed by atoms with E-state index in [1.165, 1.54) is 5.39 Å². The van der Waals surface area contributed by atoms with Crippen molar-refractivity contribution in [3.63, 3.8) is 0 Å². The van der Waals surface area contributed by atoms with E-state index < -0.39 is 0 Å². The van der Waals surface area contributed by atoms with Crippen molar-refractivity contribution in [2.24, 2.45) is 4.99 Å². The quantitative estimate of drug-likeness (QED) is 0.277. The number of rotatable bonds is 5. The largest absolute Gasteiger partial charge is 0.486 e. The highest BCUT2D eigenvalue weighted by Gasteiger charge is 2.11. The summed E-state index contributed by atoms with van der Waals surface area (Å²) in [7, 11) is 0. The first-order valence-electron chi connectivity index (χ1n) is 9.40. The van der Waals surface area contributed by atoms with Gasteiger partial charge in [-0.3, -0.25) is 4.99 Å². The molecule has 0 aliphatic carbocycles. The van der Waals surface area contributed by atoms with Gasteiger partial charge in [0.15, 0.2) is 5.75 Å². The summed E-state index contributed by atoms with van der Waals surface area (Å²) >= 11 is 19.0. The maximum absolute atomic E-state index is 6.47. The Hall–Kier alpha value is -2.52. The van der Waals surface area contributed by atoms with Gasteiger partial charge in [0.05, 0.1) is 15.7 Å². The van der Waals surface area contributed by atoms with Crippen LogP contribution in [0.2, 0.25) is 15.1 Å².